The van der Waals surface area contributed by atoms with Crippen LogP contribution in [0.4, 0.5) is 0 Å². The van der Waals surface area contributed by atoms with Gasteiger partial charge in [-0.15, -0.1) is 0 Å². The first-order valence-corrected chi connectivity index (χ1v) is 10.5. The Morgan fingerprint density at radius 3 is 2.39 bits per heavy atom. The Morgan fingerprint density at radius 2 is 1.71 bits per heavy atom. The normalized spacial score (nSPS) is 24.6. The van der Waals surface area contributed by atoms with Crippen LogP contribution in [0.25, 0.3) is 0 Å². The SMILES string of the molecule is O=C(c1ccc(Cl)c(Cl)c1)N1CCC[C@H](C(=O)N2CCC3(CC2)OCCO3)C1. The Morgan fingerprint density at radius 1 is 1.00 bits per heavy atom. The molecular formula is C20H24Cl2N2O4. The van der Waals surface area contributed by atoms with Crippen LogP contribution in [0, 0.1) is 5.92 Å². The monoisotopic (exact) mass is 426 g/mol. The van der Waals surface area contributed by atoms with Crippen molar-refractivity contribution in [1.82, 2.24) is 9.80 Å². The molecule has 3 fully saturated rings. The highest BCUT2D eigenvalue weighted by molar-refractivity contribution is 6.42. The Bertz CT molecular complexity index is 757. The number of piperidine rings is 2. The number of carbonyl (C=O) groups is 2. The van der Waals surface area contributed by atoms with Crippen LogP contribution >= 0.6 is 23.2 Å². The summed E-state index contributed by atoms with van der Waals surface area (Å²) in [5.41, 5.74) is 0.498. The summed E-state index contributed by atoms with van der Waals surface area (Å²) in [7, 11) is 0. The van der Waals surface area contributed by atoms with Crippen LogP contribution in [0.5, 0.6) is 0 Å². The predicted molar refractivity (Wildman–Crippen MR) is 106 cm³/mol. The van der Waals surface area contributed by atoms with Gasteiger partial charge in [0.1, 0.15) is 0 Å². The molecule has 8 heteroatoms. The number of amides is 2. The van der Waals surface area contributed by atoms with E-state index in [2.05, 4.69) is 0 Å². The highest BCUT2D eigenvalue weighted by Crippen LogP contribution is 2.32. The standard InChI is InChI=1S/C20H24Cl2N2O4/c21-16-4-3-14(12-17(16)22)18(25)24-7-1-2-15(13-24)19(26)23-8-5-20(6-9-23)27-10-11-28-20/h3-4,12,15H,1-2,5-11,13H2/t15-/m0/s1. The number of nitrogens with zero attached hydrogens (tertiary/aromatic N) is 2. The molecule has 0 unspecified atom stereocenters. The van der Waals surface area contributed by atoms with Gasteiger partial charge in [0.2, 0.25) is 5.91 Å². The molecule has 6 nitrogen and oxygen atoms in total. The number of likely N-dealkylation sites (tertiary alicyclic amines) is 2. The summed E-state index contributed by atoms with van der Waals surface area (Å²) in [6.45, 7) is 3.61. The summed E-state index contributed by atoms with van der Waals surface area (Å²) >= 11 is 12.0. The van der Waals surface area contributed by atoms with Crippen molar-refractivity contribution in [1.29, 1.82) is 0 Å². The molecule has 0 bridgehead atoms. The fraction of sp³-hybridized carbons (Fsp3) is 0.600. The molecule has 0 aliphatic carbocycles. The number of benzene rings is 1. The third-order valence-electron chi connectivity index (χ3n) is 5.87. The second-order valence-corrected chi connectivity index (χ2v) is 8.47. The van der Waals surface area contributed by atoms with Crippen molar-refractivity contribution in [2.75, 3.05) is 39.4 Å². The van der Waals surface area contributed by atoms with Crippen LogP contribution in [-0.4, -0.2) is 66.8 Å². The second-order valence-electron chi connectivity index (χ2n) is 7.65. The van der Waals surface area contributed by atoms with Crippen molar-refractivity contribution in [3.05, 3.63) is 33.8 Å². The molecule has 3 saturated heterocycles. The molecule has 1 spiro atoms. The fourth-order valence-electron chi connectivity index (χ4n) is 4.29. The molecule has 1 atom stereocenters. The molecule has 0 saturated carbocycles. The maximum absolute atomic E-state index is 13.0. The van der Waals surface area contributed by atoms with Gasteiger partial charge in [0.25, 0.3) is 5.91 Å². The zero-order valence-electron chi connectivity index (χ0n) is 15.7. The van der Waals surface area contributed by atoms with E-state index < -0.39 is 5.79 Å². The molecule has 1 aromatic carbocycles. The van der Waals surface area contributed by atoms with Gasteiger partial charge in [-0.3, -0.25) is 9.59 Å². The third kappa shape index (κ3) is 4.01. The molecule has 0 N–H and O–H groups in total. The van der Waals surface area contributed by atoms with E-state index in [0.29, 0.717) is 67.8 Å². The van der Waals surface area contributed by atoms with Crippen molar-refractivity contribution in [3.8, 4) is 0 Å². The maximum Gasteiger partial charge on any atom is 0.253 e. The van der Waals surface area contributed by atoms with E-state index in [4.69, 9.17) is 32.7 Å². The van der Waals surface area contributed by atoms with Gasteiger partial charge in [0.15, 0.2) is 5.79 Å². The lowest BCUT2D eigenvalue weighted by atomic mass is 9.94. The van der Waals surface area contributed by atoms with E-state index in [0.717, 1.165) is 12.8 Å². The molecule has 152 valence electrons. The molecule has 1 aromatic rings. The van der Waals surface area contributed by atoms with Crippen LogP contribution in [0.15, 0.2) is 18.2 Å². The highest BCUT2D eigenvalue weighted by Gasteiger charge is 2.42. The number of hydrogen-bond acceptors (Lipinski definition) is 4. The van der Waals surface area contributed by atoms with Gasteiger partial charge in [-0.25, -0.2) is 0 Å². The fourth-order valence-corrected chi connectivity index (χ4v) is 4.58. The van der Waals surface area contributed by atoms with Crippen molar-refractivity contribution in [3.63, 3.8) is 0 Å². The van der Waals surface area contributed by atoms with Crippen LogP contribution < -0.4 is 0 Å². The summed E-state index contributed by atoms with van der Waals surface area (Å²) in [4.78, 5) is 29.5. The second kappa shape index (κ2) is 8.19. The average molecular weight is 427 g/mol. The summed E-state index contributed by atoms with van der Waals surface area (Å²) in [6.07, 6.45) is 3.03. The van der Waals surface area contributed by atoms with E-state index in [1.165, 1.54) is 0 Å². The molecule has 3 aliphatic rings. The lowest BCUT2D eigenvalue weighted by Gasteiger charge is -2.40. The minimum atomic E-state index is -0.487. The lowest BCUT2D eigenvalue weighted by Crippen LogP contribution is -2.51. The van der Waals surface area contributed by atoms with Gasteiger partial charge < -0.3 is 19.3 Å². The number of carbonyl (C=O) groups excluding carboxylic acids is 2. The number of ether oxygens (including phenoxy) is 2. The largest absolute Gasteiger partial charge is 0.347 e. The van der Waals surface area contributed by atoms with E-state index in [1.807, 2.05) is 4.90 Å². The first kappa shape index (κ1) is 20.0. The summed E-state index contributed by atoms with van der Waals surface area (Å²) in [5, 5.41) is 0.777. The Hall–Kier alpha value is -1.34. The quantitative estimate of drug-likeness (QED) is 0.728. The first-order chi connectivity index (χ1) is 13.5. The number of hydrogen-bond donors (Lipinski definition) is 0. The topological polar surface area (TPSA) is 59.1 Å². The average Bonchev–Trinajstić information content (AvgIpc) is 3.17. The van der Waals surface area contributed by atoms with E-state index >= 15 is 0 Å². The first-order valence-electron chi connectivity index (χ1n) is 9.78. The van der Waals surface area contributed by atoms with Crippen molar-refractivity contribution >= 4 is 35.0 Å². The van der Waals surface area contributed by atoms with Crippen molar-refractivity contribution in [2.45, 2.75) is 31.5 Å². The van der Waals surface area contributed by atoms with Crippen molar-refractivity contribution in [2.24, 2.45) is 5.92 Å². The van der Waals surface area contributed by atoms with Gasteiger partial charge >= 0.3 is 0 Å². The molecule has 0 aromatic heterocycles. The summed E-state index contributed by atoms with van der Waals surface area (Å²) < 4.78 is 11.5. The molecular weight excluding hydrogens is 403 g/mol. The molecule has 28 heavy (non-hydrogen) atoms. The van der Waals surface area contributed by atoms with Crippen LogP contribution in [0.1, 0.15) is 36.0 Å². The summed E-state index contributed by atoms with van der Waals surface area (Å²) in [6, 6.07) is 4.89. The van der Waals surface area contributed by atoms with E-state index in [-0.39, 0.29) is 17.7 Å². The van der Waals surface area contributed by atoms with Gasteiger partial charge in [0.05, 0.1) is 29.2 Å². The number of halogens is 2. The predicted octanol–water partition coefficient (Wildman–Crippen LogP) is 3.21. The lowest BCUT2D eigenvalue weighted by molar-refractivity contribution is -0.188. The van der Waals surface area contributed by atoms with Crippen LogP contribution in [-0.2, 0) is 14.3 Å². The molecule has 4 rings (SSSR count). The Kier molecular flexibility index (Phi) is 5.83. The van der Waals surface area contributed by atoms with Crippen LogP contribution in [0.3, 0.4) is 0 Å². The van der Waals surface area contributed by atoms with Gasteiger partial charge in [-0.05, 0) is 31.0 Å². The van der Waals surface area contributed by atoms with E-state index in [1.54, 1.807) is 23.1 Å². The maximum atomic E-state index is 13.0. The highest BCUT2D eigenvalue weighted by atomic mass is 35.5. The molecule has 0 radical (unpaired) electrons. The minimum absolute atomic E-state index is 0.110. The van der Waals surface area contributed by atoms with Gasteiger partial charge in [-0.2, -0.15) is 0 Å². The van der Waals surface area contributed by atoms with Crippen LogP contribution in [0.2, 0.25) is 10.0 Å². The molecule has 2 amide bonds. The zero-order valence-corrected chi connectivity index (χ0v) is 17.2. The molecule has 3 heterocycles. The summed E-state index contributed by atoms with van der Waals surface area (Å²) in [5.74, 6) is -0.639. The van der Waals surface area contributed by atoms with Gasteiger partial charge in [-0.1, -0.05) is 23.2 Å². The number of rotatable bonds is 2. The van der Waals surface area contributed by atoms with Gasteiger partial charge in [0, 0.05) is 44.6 Å². The van der Waals surface area contributed by atoms with Crippen molar-refractivity contribution < 1.29 is 19.1 Å². The van der Waals surface area contributed by atoms with E-state index in [9.17, 15) is 9.59 Å². The molecule has 3 aliphatic heterocycles. The Labute approximate surface area is 174 Å². The minimum Gasteiger partial charge on any atom is -0.347 e. The zero-order chi connectivity index (χ0) is 19.7. The third-order valence-corrected chi connectivity index (χ3v) is 6.61. The Balaban J connectivity index is 1.37. The smallest absolute Gasteiger partial charge is 0.253 e.